The van der Waals surface area contributed by atoms with Crippen LogP contribution in [0.3, 0.4) is 0 Å². The highest BCUT2D eigenvalue weighted by Crippen LogP contribution is 2.34. The summed E-state index contributed by atoms with van der Waals surface area (Å²) >= 11 is 0. The molecular weight excluding hydrogens is 442 g/mol. The number of ether oxygens (including phenoxy) is 1. The number of nitrogens with zero attached hydrogens (tertiary/aromatic N) is 5. The Bertz CT molecular complexity index is 1410. The zero-order chi connectivity index (χ0) is 24.5. The van der Waals surface area contributed by atoms with Crippen LogP contribution >= 0.6 is 0 Å². The smallest absolute Gasteiger partial charge is 0.272 e. The van der Waals surface area contributed by atoms with Crippen LogP contribution in [-0.2, 0) is 4.79 Å². The molecule has 5 rings (SSSR count). The number of fused-ring (bicyclic) bond motifs is 1. The van der Waals surface area contributed by atoms with Crippen molar-refractivity contribution < 1.29 is 14.3 Å². The number of methoxy groups -OCH3 is 1. The maximum Gasteiger partial charge on any atom is 0.272 e. The number of rotatable bonds is 4. The molecule has 0 atom stereocenters. The Hall–Kier alpha value is -4.20. The Labute approximate surface area is 203 Å². The van der Waals surface area contributed by atoms with E-state index in [0.717, 1.165) is 28.1 Å². The predicted molar refractivity (Wildman–Crippen MR) is 133 cm³/mol. The van der Waals surface area contributed by atoms with Gasteiger partial charge >= 0.3 is 0 Å². The van der Waals surface area contributed by atoms with Gasteiger partial charge in [-0.1, -0.05) is 42.5 Å². The molecule has 3 heterocycles. The van der Waals surface area contributed by atoms with Gasteiger partial charge in [0.1, 0.15) is 11.4 Å². The first-order valence-corrected chi connectivity index (χ1v) is 11.6. The van der Waals surface area contributed by atoms with E-state index in [9.17, 15) is 9.59 Å². The molecule has 0 bridgehead atoms. The summed E-state index contributed by atoms with van der Waals surface area (Å²) in [4.78, 5) is 33.7. The maximum absolute atomic E-state index is 13.6. The van der Waals surface area contributed by atoms with Crippen molar-refractivity contribution in [2.24, 2.45) is 0 Å². The van der Waals surface area contributed by atoms with Gasteiger partial charge in [-0.3, -0.25) is 9.59 Å². The van der Waals surface area contributed by atoms with E-state index in [1.54, 1.807) is 34.4 Å². The van der Waals surface area contributed by atoms with Crippen LogP contribution in [0.25, 0.3) is 28.0 Å². The van der Waals surface area contributed by atoms with Gasteiger partial charge in [0.15, 0.2) is 5.65 Å². The molecule has 1 saturated heterocycles. The highest BCUT2D eigenvalue weighted by molar-refractivity contribution is 5.95. The van der Waals surface area contributed by atoms with Crippen molar-refractivity contribution in [2.45, 2.75) is 13.8 Å². The lowest BCUT2D eigenvalue weighted by molar-refractivity contribution is -0.130. The molecular formula is C27H27N5O3. The molecule has 0 spiro atoms. The van der Waals surface area contributed by atoms with Crippen molar-refractivity contribution in [1.29, 1.82) is 0 Å². The minimum absolute atomic E-state index is 0.0253. The van der Waals surface area contributed by atoms with Crippen molar-refractivity contribution in [3.05, 3.63) is 72.1 Å². The van der Waals surface area contributed by atoms with E-state index in [1.165, 1.54) is 0 Å². The molecule has 0 N–H and O–H groups in total. The second-order valence-corrected chi connectivity index (χ2v) is 8.59. The van der Waals surface area contributed by atoms with Gasteiger partial charge in [-0.2, -0.15) is 5.10 Å². The van der Waals surface area contributed by atoms with Crippen molar-refractivity contribution >= 4 is 17.5 Å². The van der Waals surface area contributed by atoms with Gasteiger partial charge < -0.3 is 14.5 Å². The largest absolute Gasteiger partial charge is 0.496 e. The van der Waals surface area contributed by atoms with E-state index in [2.05, 4.69) is 0 Å². The number of amides is 2. The standard InChI is InChI=1S/C27H27N5O3/c1-18-25(20-9-5-4-6-10-20)26-28-22(27(34)31-15-13-30(14-16-31)19(2)33)17-23(32(26)29-18)21-11-7-8-12-24(21)35-3/h4-12,17H,13-16H2,1-3H3. The number of para-hydroxylation sites is 1. The molecule has 8 nitrogen and oxygen atoms in total. The minimum atomic E-state index is -0.162. The van der Waals surface area contributed by atoms with E-state index < -0.39 is 0 Å². The highest BCUT2D eigenvalue weighted by Gasteiger charge is 2.27. The molecule has 1 fully saturated rings. The van der Waals surface area contributed by atoms with Gasteiger partial charge in [0.25, 0.3) is 5.91 Å². The number of benzene rings is 2. The highest BCUT2D eigenvalue weighted by atomic mass is 16.5. The lowest BCUT2D eigenvalue weighted by atomic mass is 10.1. The van der Waals surface area contributed by atoms with Gasteiger partial charge in [-0.25, -0.2) is 9.50 Å². The van der Waals surface area contributed by atoms with Gasteiger partial charge in [-0.15, -0.1) is 0 Å². The summed E-state index contributed by atoms with van der Waals surface area (Å²) in [5.74, 6) is 0.546. The van der Waals surface area contributed by atoms with E-state index in [-0.39, 0.29) is 11.8 Å². The van der Waals surface area contributed by atoms with E-state index in [1.807, 2.05) is 61.5 Å². The fourth-order valence-corrected chi connectivity index (χ4v) is 4.61. The third kappa shape index (κ3) is 4.12. The summed E-state index contributed by atoms with van der Waals surface area (Å²) in [5, 5.41) is 4.81. The number of aryl methyl sites for hydroxylation is 1. The number of hydrogen-bond acceptors (Lipinski definition) is 5. The van der Waals surface area contributed by atoms with Crippen molar-refractivity contribution in [1.82, 2.24) is 24.4 Å². The molecule has 0 radical (unpaired) electrons. The number of aromatic nitrogens is 3. The summed E-state index contributed by atoms with van der Waals surface area (Å²) in [6.07, 6.45) is 0. The summed E-state index contributed by atoms with van der Waals surface area (Å²) in [5.41, 5.74) is 5.19. The molecule has 8 heteroatoms. The van der Waals surface area contributed by atoms with Crippen LogP contribution in [0, 0.1) is 6.92 Å². The summed E-state index contributed by atoms with van der Waals surface area (Å²) < 4.78 is 7.42. The quantitative estimate of drug-likeness (QED) is 0.456. The van der Waals surface area contributed by atoms with Crippen molar-refractivity contribution in [3.63, 3.8) is 0 Å². The first kappa shape index (κ1) is 22.6. The number of hydrogen-bond donors (Lipinski definition) is 0. The molecule has 178 valence electrons. The number of carbonyl (C=O) groups is 2. The van der Waals surface area contributed by atoms with Crippen LogP contribution < -0.4 is 4.74 Å². The molecule has 2 aromatic heterocycles. The van der Waals surface area contributed by atoms with Crippen LogP contribution in [0.1, 0.15) is 23.1 Å². The fraction of sp³-hybridized carbons (Fsp3) is 0.259. The summed E-state index contributed by atoms with van der Waals surface area (Å²) in [7, 11) is 1.63. The molecule has 1 aliphatic heterocycles. The lowest BCUT2D eigenvalue weighted by Gasteiger charge is -2.34. The van der Waals surface area contributed by atoms with Crippen molar-refractivity contribution in [3.8, 4) is 28.1 Å². The topological polar surface area (TPSA) is 80.0 Å². The third-order valence-electron chi connectivity index (χ3n) is 6.44. The fourth-order valence-electron chi connectivity index (χ4n) is 4.61. The second-order valence-electron chi connectivity index (χ2n) is 8.59. The Morgan fingerprint density at radius 1 is 0.914 bits per heavy atom. The average molecular weight is 470 g/mol. The second kappa shape index (κ2) is 9.21. The molecule has 0 aliphatic carbocycles. The van der Waals surface area contributed by atoms with Crippen LogP contribution in [0.2, 0.25) is 0 Å². The third-order valence-corrected chi connectivity index (χ3v) is 6.44. The van der Waals surface area contributed by atoms with Crippen molar-refractivity contribution in [2.75, 3.05) is 33.3 Å². The monoisotopic (exact) mass is 469 g/mol. The zero-order valence-electron chi connectivity index (χ0n) is 20.1. The SMILES string of the molecule is COc1ccccc1-c1cc(C(=O)N2CCN(C(C)=O)CC2)nc2c(-c3ccccc3)c(C)nn12. The number of piperazine rings is 1. The van der Waals surface area contributed by atoms with Gasteiger partial charge in [-0.05, 0) is 30.7 Å². The van der Waals surface area contributed by atoms with Gasteiger partial charge in [0.2, 0.25) is 5.91 Å². The normalized spacial score (nSPS) is 13.8. The summed E-state index contributed by atoms with van der Waals surface area (Å²) in [6, 6.07) is 19.4. The van der Waals surface area contributed by atoms with Crippen LogP contribution in [0.15, 0.2) is 60.7 Å². The Morgan fingerprint density at radius 2 is 1.57 bits per heavy atom. The summed E-state index contributed by atoms with van der Waals surface area (Å²) in [6.45, 7) is 5.48. The van der Waals surface area contributed by atoms with Crippen LogP contribution in [0.5, 0.6) is 5.75 Å². The van der Waals surface area contributed by atoms with E-state index in [0.29, 0.717) is 43.3 Å². The van der Waals surface area contributed by atoms with Gasteiger partial charge in [0.05, 0.1) is 18.5 Å². The Morgan fingerprint density at radius 3 is 2.26 bits per heavy atom. The van der Waals surface area contributed by atoms with Crippen LogP contribution in [-0.4, -0.2) is 69.5 Å². The molecule has 0 unspecified atom stereocenters. The molecule has 35 heavy (non-hydrogen) atoms. The van der Waals surface area contributed by atoms with E-state index >= 15 is 0 Å². The Balaban J connectivity index is 1.67. The van der Waals surface area contributed by atoms with Crippen LogP contribution in [0.4, 0.5) is 0 Å². The molecule has 1 aliphatic rings. The molecule has 0 saturated carbocycles. The number of carbonyl (C=O) groups excluding carboxylic acids is 2. The van der Waals surface area contributed by atoms with E-state index in [4.69, 9.17) is 14.8 Å². The first-order valence-electron chi connectivity index (χ1n) is 11.6. The Kier molecular flexibility index (Phi) is 5.94. The lowest BCUT2D eigenvalue weighted by Crippen LogP contribution is -2.50. The molecule has 4 aromatic rings. The first-order chi connectivity index (χ1) is 17.0. The van der Waals surface area contributed by atoms with Gasteiger partial charge in [0, 0.05) is 44.2 Å². The molecule has 2 aromatic carbocycles. The maximum atomic E-state index is 13.6. The molecule has 2 amide bonds. The average Bonchev–Trinajstić information content (AvgIpc) is 3.23. The predicted octanol–water partition coefficient (Wildman–Crippen LogP) is 3.68. The minimum Gasteiger partial charge on any atom is -0.496 e. The zero-order valence-corrected chi connectivity index (χ0v) is 20.1.